The molecule has 5 N–H and O–H groups in total. The van der Waals surface area contributed by atoms with Gasteiger partial charge in [0.1, 0.15) is 11.8 Å². The number of likely N-dealkylation sites (tertiary alicyclic amines) is 1. The van der Waals surface area contributed by atoms with Crippen LogP contribution in [0.4, 0.5) is 5.82 Å². The molecular formula is C25H35N7O5. The number of aliphatic hydroxyl groups excluding tert-OH is 1. The van der Waals surface area contributed by atoms with Gasteiger partial charge in [0.25, 0.3) is 5.56 Å². The van der Waals surface area contributed by atoms with Gasteiger partial charge in [-0.2, -0.15) is 0 Å². The highest BCUT2D eigenvalue weighted by Gasteiger charge is 2.37. The molecule has 2 aliphatic heterocycles. The first-order chi connectivity index (χ1) is 17.7. The van der Waals surface area contributed by atoms with E-state index in [1.807, 2.05) is 9.80 Å². The lowest BCUT2D eigenvalue weighted by molar-refractivity contribution is -0.142. The molecule has 2 atom stereocenters. The quantitative estimate of drug-likeness (QED) is 0.259. The lowest BCUT2D eigenvalue weighted by atomic mass is 9.95. The molecule has 200 valence electrons. The summed E-state index contributed by atoms with van der Waals surface area (Å²) in [6.07, 6.45) is 7.09. The number of aliphatic hydroxyl groups is 1. The number of carbonyl (C=O) groups is 1. The molecule has 2 aliphatic rings. The first-order valence-electron chi connectivity index (χ1n) is 12.6. The molecule has 4 heterocycles. The summed E-state index contributed by atoms with van der Waals surface area (Å²) in [5.74, 6) is -0.589. The van der Waals surface area contributed by atoms with Crippen LogP contribution in [0.15, 0.2) is 45.7 Å². The summed E-state index contributed by atoms with van der Waals surface area (Å²) in [5, 5.41) is 19.5. The Bertz CT molecular complexity index is 1310. The van der Waals surface area contributed by atoms with Crippen LogP contribution in [0, 0.1) is 0 Å². The minimum Gasteiger partial charge on any atom is -0.508 e. The number of piperazine rings is 1. The number of carboxylic acid groups (broad SMARTS) is 1. The maximum absolute atomic E-state index is 12.6. The number of allylic oxidation sites excluding steroid dienone is 2. The summed E-state index contributed by atoms with van der Waals surface area (Å²) >= 11 is 0. The number of H-pyrrole nitrogens is 3. The molecule has 0 aliphatic carbocycles. The van der Waals surface area contributed by atoms with Crippen LogP contribution in [0.25, 0.3) is 11.3 Å². The fourth-order valence-corrected chi connectivity index (χ4v) is 5.40. The highest BCUT2D eigenvalue weighted by atomic mass is 16.4. The van der Waals surface area contributed by atoms with Crippen LogP contribution < -0.4 is 16.1 Å². The lowest BCUT2D eigenvalue weighted by Crippen LogP contribution is -2.60. The van der Waals surface area contributed by atoms with Gasteiger partial charge in [0, 0.05) is 44.8 Å². The number of fused-ring (bicyclic) bond motifs is 1. The minimum absolute atomic E-state index is 0.0623. The Morgan fingerprint density at radius 3 is 2.51 bits per heavy atom. The third kappa shape index (κ3) is 5.70. The Kier molecular flexibility index (Phi) is 7.98. The zero-order valence-electron chi connectivity index (χ0n) is 21.2. The van der Waals surface area contributed by atoms with Gasteiger partial charge in [0.2, 0.25) is 0 Å². The number of aromatic nitrogens is 4. The number of aliphatic carboxylic acids is 1. The molecule has 2 saturated heterocycles. The van der Waals surface area contributed by atoms with Gasteiger partial charge in [0.05, 0.1) is 0 Å². The molecule has 0 radical (unpaired) electrons. The normalized spacial score (nSPS) is 21.6. The predicted molar refractivity (Wildman–Crippen MR) is 141 cm³/mol. The van der Waals surface area contributed by atoms with Crippen molar-refractivity contribution in [3.63, 3.8) is 0 Å². The number of hydrogen-bond acceptors (Lipinski definition) is 8. The molecule has 0 spiro atoms. The Balaban J connectivity index is 1.41. The van der Waals surface area contributed by atoms with Crippen LogP contribution in [0.1, 0.15) is 33.1 Å². The number of hydrogen-bond donors (Lipinski definition) is 5. The molecule has 12 nitrogen and oxygen atoms in total. The summed E-state index contributed by atoms with van der Waals surface area (Å²) in [6, 6.07) is -0.318. The third-order valence-electron chi connectivity index (χ3n) is 7.35. The number of nitrogens with zero attached hydrogens (tertiary/aromatic N) is 4. The second-order valence-electron chi connectivity index (χ2n) is 9.57. The van der Waals surface area contributed by atoms with Crippen LogP contribution in [0.5, 0.6) is 0 Å². The SMILES string of the molecule is C=C(/C=C\C(O)=C/C)C(C(=O)O)N1CCC(N2CCN(c3nc4[nH]c(=O)[nH]c4[nH]c3=O)CC2CC)CC1. The van der Waals surface area contributed by atoms with Gasteiger partial charge in [-0.3, -0.25) is 29.4 Å². The van der Waals surface area contributed by atoms with E-state index in [1.54, 1.807) is 13.0 Å². The molecule has 0 amide bonds. The van der Waals surface area contributed by atoms with Gasteiger partial charge < -0.3 is 20.1 Å². The molecule has 2 aromatic rings. The molecule has 12 heteroatoms. The lowest BCUT2D eigenvalue weighted by Gasteiger charge is -2.48. The topological polar surface area (TPSA) is 162 Å². The Morgan fingerprint density at radius 2 is 1.86 bits per heavy atom. The number of nitrogens with one attached hydrogen (secondary N) is 3. The van der Waals surface area contributed by atoms with E-state index in [0.29, 0.717) is 49.3 Å². The number of aromatic amines is 3. The van der Waals surface area contributed by atoms with Gasteiger partial charge >= 0.3 is 11.7 Å². The fraction of sp³-hybridized carbons (Fsp3) is 0.520. The van der Waals surface area contributed by atoms with E-state index >= 15 is 0 Å². The van der Waals surface area contributed by atoms with Crippen LogP contribution in [-0.2, 0) is 4.79 Å². The number of rotatable bonds is 8. The van der Waals surface area contributed by atoms with Crippen molar-refractivity contribution in [1.82, 2.24) is 29.7 Å². The zero-order chi connectivity index (χ0) is 26.7. The number of piperidine rings is 1. The fourth-order valence-electron chi connectivity index (χ4n) is 5.40. The van der Waals surface area contributed by atoms with Gasteiger partial charge in [-0.15, -0.1) is 0 Å². The van der Waals surface area contributed by atoms with E-state index in [-0.39, 0.29) is 23.0 Å². The number of carboxylic acids is 1. The van der Waals surface area contributed by atoms with Crippen molar-refractivity contribution >= 4 is 23.1 Å². The first-order valence-corrected chi connectivity index (χ1v) is 12.6. The van der Waals surface area contributed by atoms with E-state index in [4.69, 9.17) is 0 Å². The monoisotopic (exact) mass is 513 g/mol. The highest BCUT2D eigenvalue weighted by Crippen LogP contribution is 2.27. The van der Waals surface area contributed by atoms with Crippen molar-refractivity contribution < 1.29 is 15.0 Å². The molecule has 4 rings (SSSR count). The van der Waals surface area contributed by atoms with Gasteiger partial charge in [0.15, 0.2) is 17.1 Å². The Hall–Kier alpha value is -3.64. The zero-order valence-corrected chi connectivity index (χ0v) is 21.2. The molecule has 2 fully saturated rings. The third-order valence-corrected chi connectivity index (χ3v) is 7.35. The van der Waals surface area contributed by atoms with Crippen molar-refractivity contribution in [3.05, 3.63) is 57.0 Å². The smallest absolute Gasteiger partial charge is 0.326 e. The van der Waals surface area contributed by atoms with Crippen LogP contribution in [-0.4, -0.2) is 96.8 Å². The molecular weight excluding hydrogens is 478 g/mol. The molecule has 37 heavy (non-hydrogen) atoms. The van der Waals surface area contributed by atoms with E-state index in [2.05, 4.69) is 38.3 Å². The summed E-state index contributed by atoms with van der Waals surface area (Å²) in [5.41, 5.74) is 0.285. The summed E-state index contributed by atoms with van der Waals surface area (Å²) in [7, 11) is 0. The molecule has 0 bridgehead atoms. The summed E-state index contributed by atoms with van der Waals surface area (Å²) in [4.78, 5) is 54.8. The van der Waals surface area contributed by atoms with Crippen molar-refractivity contribution in [1.29, 1.82) is 0 Å². The minimum atomic E-state index is -0.952. The number of anilines is 1. The van der Waals surface area contributed by atoms with Crippen molar-refractivity contribution in [2.75, 3.05) is 37.6 Å². The molecule has 2 unspecified atom stereocenters. The standard InChI is InChI=1S/C25H35N7O5/c1-4-16-14-31(22-23(34)27-21-20(26-22)28-25(37)29-21)12-13-32(16)17-8-10-30(11-9-17)19(24(35)36)15(3)6-7-18(33)5-2/h5-7,16-17,19,33H,3-4,8-14H2,1-2H3,(H,35,36)(H3,26,27,28,29,34,37)/b7-6-,18-5+. The van der Waals surface area contributed by atoms with Crippen molar-refractivity contribution in [2.45, 2.75) is 51.2 Å². The second-order valence-corrected chi connectivity index (χ2v) is 9.57. The first kappa shape index (κ1) is 26.4. The average Bonchev–Trinajstić information content (AvgIpc) is 3.25. The maximum Gasteiger partial charge on any atom is 0.326 e. The second kappa shape index (κ2) is 11.2. The highest BCUT2D eigenvalue weighted by molar-refractivity contribution is 5.78. The van der Waals surface area contributed by atoms with E-state index < -0.39 is 17.7 Å². The van der Waals surface area contributed by atoms with Gasteiger partial charge in [-0.25, -0.2) is 9.78 Å². The maximum atomic E-state index is 12.6. The average molecular weight is 514 g/mol. The summed E-state index contributed by atoms with van der Waals surface area (Å²) in [6.45, 7) is 11.0. The van der Waals surface area contributed by atoms with E-state index in [0.717, 1.165) is 25.8 Å². The van der Waals surface area contributed by atoms with E-state index in [9.17, 15) is 24.6 Å². The Labute approximate surface area is 214 Å². The van der Waals surface area contributed by atoms with Crippen molar-refractivity contribution in [3.8, 4) is 0 Å². The van der Waals surface area contributed by atoms with Crippen molar-refractivity contribution in [2.24, 2.45) is 0 Å². The molecule has 2 aromatic heterocycles. The number of imidazole rings is 1. The van der Waals surface area contributed by atoms with Crippen LogP contribution >= 0.6 is 0 Å². The predicted octanol–water partition coefficient (Wildman–Crippen LogP) is 1.33. The van der Waals surface area contributed by atoms with Gasteiger partial charge in [-0.05, 0) is 43.9 Å². The molecule has 0 saturated carbocycles. The van der Waals surface area contributed by atoms with E-state index in [1.165, 1.54) is 12.2 Å². The van der Waals surface area contributed by atoms with Gasteiger partial charge in [-0.1, -0.05) is 19.6 Å². The van der Waals surface area contributed by atoms with Crippen LogP contribution in [0.2, 0.25) is 0 Å². The summed E-state index contributed by atoms with van der Waals surface area (Å²) < 4.78 is 0. The van der Waals surface area contributed by atoms with Crippen LogP contribution in [0.3, 0.4) is 0 Å². The molecule has 0 aromatic carbocycles. The Morgan fingerprint density at radius 1 is 1.14 bits per heavy atom. The largest absolute Gasteiger partial charge is 0.508 e.